The van der Waals surface area contributed by atoms with Crippen LogP contribution in [0.4, 0.5) is 0 Å². The van der Waals surface area contributed by atoms with Crippen molar-refractivity contribution >= 4 is 5.91 Å². The van der Waals surface area contributed by atoms with Gasteiger partial charge in [0.2, 0.25) is 0 Å². The van der Waals surface area contributed by atoms with Crippen molar-refractivity contribution in [1.29, 1.82) is 0 Å². The van der Waals surface area contributed by atoms with Gasteiger partial charge in [-0.05, 0) is 38.8 Å². The van der Waals surface area contributed by atoms with E-state index >= 15 is 0 Å². The van der Waals surface area contributed by atoms with Gasteiger partial charge in [-0.25, -0.2) is 0 Å². The van der Waals surface area contributed by atoms with Crippen molar-refractivity contribution in [3.63, 3.8) is 0 Å². The van der Waals surface area contributed by atoms with Crippen molar-refractivity contribution in [2.24, 2.45) is 0 Å². The van der Waals surface area contributed by atoms with E-state index in [1.165, 1.54) is 7.11 Å². The number of carbonyl (C=O) groups is 1. The maximum absolute atomic E-state index is 12.2. The molecule has 1 aliphatic heterocycles. The Hall–Kier alpha value is -1.75. The molecule has 1 aliphatic rings. The molecule has 5 nitrogen and oxygen atoms in total. The average molecular weight is 279 g/mol. The second-order valence-electron chi connectivity index (χ2n) is 5.63. The number of methoxy groups -OCH3 is 1. The molecule has 0 aromatic heterocycles. The van der Waals surface area contributed by atoms with E-state index in [4.69, 9.17) is 9.47 Å². The summed E-state index contributed by atoms with van der Waals surface area (Å²) in [5.74, 6) is -0.118. The molecule has 1 atom stereocenters. The Bertz CT molecular complexity index is 499. The van der Waals surface area contributed by atoms with Crippen LogP contribution in [-0.4, -0.2) is 36.4 Å². The third-order valence-electron chi connectivity index (χ3n) is 3.50. The fourth-order valence-corrected chi connectivity index (χ4v) is 2.49. The van der Waals surface area contributed by atoms with Crippen molar-refractivity contribution in [2.45, 2.75) is 38.3 Å². The van der Waals surface area contributed by atoms with Gasteiger partial charge in [-0.2, -0.15) is 0 Å². The van der Waals surface area contributed by atoms with Crippen molar-refractivity contribution in [3.8, 4) is 11.5 Å². The molecule has 1 saturated heterocycles. The molecule has 1 aromatic rings. The molecular weight excluding hydrogens is 258 g/mol. The zero-order valence-electron chi connectivity index (χ0n) is 12.1. The lowest BCUT2D eigenvalue weighted by molar-refractivity contribution is -0.0615. The standard InChI is InChI=1S/C15H21NO4/c1-15(2)9-10(7-8-20-15)16-14(18)11-5-4-6-12(19-3)13(11)17/h4-6,10,17H,7-9H2,1-3H3,(H,16,18). The fraction of sp³-hybridized carbons (Fsp3) is 0.533. The second-order valence-corrected chi connectivity index (χ2v) is 5.63. The highest BCUT2D eigenvalue weighted by molar-refractivity contribution is 5.97. The first kappa shape index (κ1) is 14.7. The molecule has 2 rings (SSSR count). The van der Waals surface area contributed by atoms with Crippen LogP contribution in [0.5, 0.6) is 11.5 Å². The van der Waals surface area contributed by atoms with Crippen molar-refractivity contribution in [1.82, 2.24) is 5.32 Å². The highest BCUT2D eigenvalue weighted by Crippen LogP contribution is 2.30. The van der Waals surface area contributed by atoms with E-state index in [9.17, 15) is 9.90 Å². The maximum atomic E-state index is 12.2. The molecule has 1 aromatic carbocycles. The fourth-order valence-electron chi connectivity index (χ4n) is 2.49. The summed E-state index contributed by atoms with van der Waals surface area (Å²) in [4.78, 5) is 12.2. The number of hydrogen-bond donors (Lipinski definition) is 2. The van der Waals surface area contributed by atoms with Crippen LogP contribution < -0.4 is 10.1 Å². The Labute approximate surface area is 118 Å². The molecule has 0 saturated carbocycles. The van der Waals surface area contributed by atoms with E-state index in [-0.39, 0.29) is 28.9 Å². The third-order valence-corrected chi connectivity index (χ3v) is 3.50. The topological polar surface area (TPSA) is 67.8 Å². The van der Waals surface area contributed by atoms with Crippen molar-refractivity contribution in [2.75, 3.05) is 13.7 Å². The number of amides is 1. The molecule has 110 valence electrons. The van der Waals surface area contributed by atoms with E-state index in [1.54, 1.807) is 18.2 Å². The van der Waals surface area contributed by atoms with Gasteiger partial charge >= 0.3 is 0 Å². The summed E-state index contributed by atoms with van der Waals surface area (Å²) in [7, 11) is 1.46. The molecule has 0 radical (unpaired) electrons. The van der Waals surface area contributed by atoms with Gasteiger partial charge in [0.25, 0.3) is 5.91 Å². The zero-order chi connectivity index (χ0) is 14.8. The summed E-state index contributed by atoms with van der Waals surface area (Å²) < 4.78 is 10.6. The number of phenolic OH excluding ortho intramolecular Hbond substituents is 1. The van der Waals surface area contributed by atoms with E-state index in [0.29, 0.717) is 12.4 Å². The predicted molar refractivity (Wildman–Crippen MR) is 75.2 cm³/mol. The molecule has 1 heterocycles. The average Bonchev–Trinajstić information content (AvgIpc) is 2.37. The number of hydrogen-bond acceptors (Lipinski definition) is 4. The smallest absolute Gasteiger partial charge is 0.255 e. The highest BCUT2D eigenvalue weighted by Gasteiger charge is 2.30. The Morgan fingerprint density at radius 2 is 2.25 bits per heavy atom. The number of phenols is 1. The van der Waals surface area contributed by atoms with Crippen LogP contribution in [0.15, 0.2) is 18.2 Å². The molecular formula is C15H21NO4. The van der Waals surface area contributed by atoms with Crippen molar-refractivity contribution < 1.29 is 19.4 Å². The molecule has 2 N–H and O–H groups in total. The summed E-state index contributed by atoms with van der Waals surface area (Å²) in [5.41, 5.74) is 0.000685. The molecule has 20 heavy (non-hydrogen) atoms. The predicted octanol–water partition coefficient (Wildman–Crippen LogP) is 2.09. The minimum absolute atomic E-state index is 0.0526. The minimum atomic E-state index is -0.288. The lowest BCUT2D eigenvalue weighted by Gasteiger charge is -2.35. The Balaban J connectivity index is 2.09. The van der Waals surface area contributed by atoms with E-state index < -0.39 is 0 Å². The first-order valence-electron chi connectivity index (χ1n) is 6.74. The number of para-hydroxylation sites is 1. The van der Waals surface area contributed by atoms with E-state index in [0.717, 1.165) is 12.8 Å². The van der Waals surface area contributed by atoms with Gasteiger partial charge in [0.15, 0.2) is 11.5 Å². The lowest BCUT2D eigenvalue weighted by atomic mass is 9.93. The molecule has 0 bridgehead atoms. The summed E-state index contributed by atoms with van der Waals surface area (Å²) >= 11 is 0. The van der Waals surface area contributed by atoms with Crippen LogP contribution in [0.1, 0.15) is 37.0 Å². The third kappa shape index (κ3) is 3.22. The molecule has 5 heteroatoms. The Morgan fingerprint density at radius 1 is 1.50 bits per heavy atom. The number of carbonyl (C=O) groups excluding carboxylic acids is 1. The molecule has 1 unspecified atom stereocenters. The summed E-state index contributed by atoms with van der Waals surface area (Å²) in [6.07, 6.45) is 1.53. The monoisotopic (exact) mass is 279 g/mol. The SMILES string of the molecule is COc1cccc(C(=O)NC2CCOC(C)(C)C2)c1O. The normalized spacial score (nSPS) is 21.2. The zero-order valence-corrected chi connectivity index (χ0v) is 12.1. The summed E-state index contributed by atoms with van der Waals surface area (Å²) in [6.45, 7) is 4.64. The first-order valence-corrected chi connectivity index (χ1v) is 6.74. The van der Waals surface area contributed by atoms with Crippen LogP contribution >= 0.6 is 0 Å². The van der Waals surface area contributed by atoms with Gasteiger partial charge in [-0.1, -0.05) is 6.07 Å². The summed E-state index contributed by atoms with van der Waals surface area (Å²) in [5, 5.41) is 12.9. The second kappa shape index (κ2) is 5.71. The van der Waals surface area contributed by atoms with E-state index in [1.807, 2.05) is 13.8 Å². The largest absolute Gasteiger partial charge is 0.504 e. The molecule has 0 aliphatic carbocycles. The maximum Gasteiger partial charge on any atom is 0.255 e. The van der Waals surface area contributed by atoms with Gasteiger partial charge in [0, 0.05) is 12.6 Å². The van der Waals surface area contributed by atoms with Gasteiger partial charge < -0.3 is 19.9 Å². The van der Waals surface area contributed by atoms with E-state index in [2.05, 4.69) is 5.32 Å². The molecule has 1 fully saturated rings. The first-order chi connectivity index (χ1) is 9.43. The quantitative estimate of drug-likeness (QED) is 0.889. The molecule has 0 spiro atoms. The van der Waals surface area contributed by atoms with Gasteiger partial charge in [0.1, 0.15) is 0 Å². The molecule has 1 amide bonds. The van der Waals surface area contributed by atoms with Gasteiger partial charge in [-0.15, -0.1) is 0 Å². The number of rotatable bonds is 3. The van der Waals surface area contributed by atoms with Gasteiger partial charge in [-0.3, -0.25) is 4.79 Å². The van der Waals surface area contributed by atoms with Crippen LogP contribution in [0.25, 0.3) is 0 Å². The highest BCUT2D eigenvalue weighted by atomic mass is 16.5. The van der Waals surface area contributed by atoms with Crippen LogP contribution in [0.2, 0.25) is 0 Å². The van der Waals surface area contributed by atoms with Crippen LogP contribution in [0.3, 0.4) is 0 Å². The number of ether oxygens (including phenoxy) is 2. The number of benzene rings is 1. The Kier molecular flexibility index (Phi) is 4.18. The number of aromatic hydroxyl groups is 1. The lowest BCUT2D eigenvalue weighted by Crippen LogP contribution is -2.45. The Morgan fingerprint density at radius 3 is 2.90 bits per heavy atom. The van der Waals surface area contributed by atoms with Crippen LogP contribution in [0, 0.1) is 0 Å². The van der Waals surface area contributed by atoms with Crippen molar-refractivity contribution in [3.05, 3.63) is 23.8 Å². The minimum Gasteiger partial charge on any atom is -0.504 e. The van der Waals surface area contributed by atoms with Gasteiger partial charge in [0.05, 0.1) is 18.3 Å². The summed E-state index contributed by atoms with van der Waals surface area (Å²) in [6, 6.07) is 4.93. The van der Waals surface area contributed by atoms with Crippen LogP contribution in [-0.2, 0) is 4.74 Å². The number of nitrogens with one attached hydrogen (secondary N) is 1.